The predicted molar refractivity (Wildman–Crippen MR) is 165 cm³/mol. The molecule has 0 bridgehead atoms. The molecule has 0 fully saturated rings. The van der Waals surface area contributed by atoms with Crippen molar-refractivity contribution < 1.29 is 47.3 Å². The molecule has 244 valence electrons. The third kappa shape index (κ3) is 14.6. The maximum Gasteiger partial charge on any atom is 0.510 e. The van der Waals surface area contributed by atoms with E-state index < -0.39 is 69.7 Å². The molecule has 2 aromatic carbocycles. The number of carbonyl (C=O) groups is 5. The van der Waals surface area contributed by atoms with Crippen LogP contribution in [-0.4, -0.2) is 48.5 Å². The molecule has 0 aliphatic rings. The second-order valence-electron chi connectivity index (χ2n) is 11.2. The highest BCUT2D eigenvalue weighted by Crippen LogP contribution is 2.21. The van der Waals surface area contributed by atoms with Crippen molar-refractivity contribution in [2.75, 3.05) is 6.79 Å². The highest BCUT2D eigenvalue weighted by molar-refractivity contribution is 7.17. The number of carbonyl (C=O) groups excluding carboxylic acids is 5. The lowest BCUT2D eigenvalue weighted by molar-refractivity contribution is -0.156. The van der Waals surface area contributed by atoms with Gasteiger partial charge in [0, 0.05) is 18.8 Å². The van der Waals surface area contributed by atoms with Crippen LogP contribution in [0.2, 0.25) is 0 Å². The third-order valence-corrected chi connectivity index (χ3v) is 7.23. The molecular formula is C33H42NO10P. The van der Waals surface area contributed by atoms with Crippen LogP contribution in [0.3, 0.4) is 0 Å². The van der Waals surface area contributed by atoms with Gasteiger partial charge in [-0.2, -0.15) is 0 Å². The standard InChI is InChI=1S/C33H42NO10P/c1-22(2)17-29(34-31(37)27(18-23(3)35)16-15-25-11-7-5-8-12-25)30(36)19-28(24(4)44-33(39)42-21-43-45-40)32(38)41-20-26-13-9-6-10-14-26/h5-14,22,24,27-29H,15-21H2,1-4H3,(H,34,37)/t24-,27-,28+,29+/m1/s1. The second-order valence-corrected chi connectivity index (χ2v) is 11.6. The van der Waals surface area contributed by atoms with E-state index >= 15 is 0 Å². The van der Waals surface area contributed by atoms with Crippen molar-refractivity contribution in [2.45, 2.75) is 78.6 Å². The van der Waals surface area contributed by atoms with Crippen LogP contribution in [0.25, 0.3) is 0 Å². The van der Waals surface area contributed by atoms with Crippen molar-refractivity contribution in [3.63, 3.8) is 0 Å². The summed E-state index contributed by atoms with van der Waals surface area (Å²) in [6, 6.07) is 17.5. The Balaban J connectivity index is 2.21. The molecule has 0 unspecified atom stereocenters. The van der Waals surface area contributed by atoms with Gasteiger partial charge in [0.25, 0.3) is 0 Å². The molecule has 0 aromatic heterocycles. The molecule has 0 saturated heterocycles. The lowest BCUT2D eigenvalue weighted by Gasteiger charge is -2.26. The molecule has 0 spiro atoms. The first-order valence-electron chi connectivity index (χ1n) is 14.8. The molecule has 0 radical (unpaired) electrons. The Morgan fingerprint density at radius 1 is 0.844 bits per heavy atom. The maximum atomic E-state index is 13.7. The molecule has 1 amide bonds. The van der Waals surface area contributed by atoms with E-state index in [1.807, 2.05) is 50.2 Å². The lowest BCUT2D eigenvalue weighted by atomic mass is 9.89. The van der Waals surface area contributed by atoms with Gasteiger partial charge in [-0.15, -0.1) is 0 Å². The summed E-state index contributed by atoms with van der Waals surface area (Å²) < 4.78 is 30.2. The minimum atomic E-state index is -1.23. The van der Waals surface area contributed by atoms with E-state index in [0.717, 1.165) is 11.1 Å². The van der Waals surface area contributed by atoms with Crippen LogP contribution < -0.4 is 5.32 Å². The van der Waals surface area contributed by atoms with Gasteiger partial charge in [0.05, 0.1) is 6.04 Å². The van der Waals surface area contributed by atoms with Gasteiger partial charge in [0.2, 0.25) is 12.7 Å². The molecule has 0 aliphatic carbocycles. The van der Waals surface area contributed by atoms with Crippen LogP contribution in [-0.2, 0) is 55.5 Å². The first-order valence-corrected chi connectivity index (χ1v) is 15.6. The summed E-state index contributed by atoms with van der Waals surface area (Å²) in [5.74, 6) is -3.69. The van der Waals surface area contributed by atoms with Gasteiger partial charge in [-0.25, -0.2) is 9.36 Å². The number of Topliss-reactive ketones (excluding diaryl/α,β-unsaturated/α-hetero) is 2. The van der Waals surface area contributed by atoms with E-state index in [1.165, 1.54) is 13.8 Å². The summed E-state index contributed by atoms with van der Waals surface area (Å²) in [6.07, 6.45) is -1.47. The SMILES string of the molecule is CC(=O)C[C@@H](CCc1ccccc1)C(=O)N[C@@H](CC(C)C)C(=O)C[C@H](C(=O)OCc1ccccc1)[C@@H](C)OC(=O)OCOP=O. The topological polar surface area (TPSA) is 151 Å². The van der Waals surface area contributed by atoms with Gasteiger partial charge < -0.3 is 24.3 Å². The number of aryl methyl sites for hydroxylation is 1. The number of ether oxygens (including phenoxy) is 3. The molecule has 1 N–H and O–H groups in total. The Labute approximate surface area is 265 Å². The Morgan fingerprint density at radius 2 is 1.47 bits per heavy atom. The van der Waals surface area contributed by atoms with Crippen LogP contribution in [0.1, 0.15) is 64.5 Å². The fraction of sp³-hybridized carbons (Fsp3) is 0.485. The van der Waals surface area contributed by atoms with Gasteiger partial charge in [-0.1, -0.05) is 74.5 Å². The van der Waals surface area contributed by atoms with Gasteiger partial charge in [0.15, 0.2) is 5.78 Å². The Hall–Kier alpha value is -3.95. The normalized spacial score (nSPS) is 13.7. The second kappa shape index (κ2) is 20.2. The predicted octanol–water partition coefficient (Wildman–Crippen LogP) is 5.79. The molecule has 4 atom stereocenters. The minimum Gasteiger partial charge on any atom is -0.460 e. The van der Waals surface area contributed by atoms with Crippen LogP contribution >= 0.6 is 8.69 Å². The van der Waals surface area contributed by atoms with Gasteiger partial charge in [0.1, 0.15) is 24.4 Å². The molecule has 45 heavy (non-hydrogen) atoms. The van der Waals surface area contributed by atoms with E-state index in [4.69, 9.17) is 9.47 Å². The average Bonchev–Trinajstić information content (AvgIpc) is 3.00. The zero-order valence-electron chi connectivity index (χ0n) is 26.1. The molecule has 11 nitrogen and oxygen atoms in total. The van der Waals surface area contributed by atoms with Crippen LogP contribution in [0.5, 0.6) is 0 Å². The number of rotatable bonds is 20. The van der Waals surface area contributed by atoms with Crippen molar-refractivity contribution in [2.24, 2.45) is 17.8 Å². The number of esters is 1. The monoisotopic (exact) mass is 643 g/mol. The lowest BCUT2D eigenvalue weighted by Crippen LogP contribution is -2.46. The van der Waals surface area contributed by atoms with Crippen molar-refractivity contribution >= 4 is 38.3 Å². The van der Waals surface area contributed by atoms with Crippen molar-refractivity contribution in [1.82, 2.24) is 5.32 Å². The Morgan fingerprint density at radius 3 is 2.04 bits per heavy atom. The molecule has 12 heteroatoms. The maximum absolute atomic E-state index is 13.7. The van der Waals surface area contributed by atoms with Crippen LogP contribution in [0, 0.1) is 17.8 Å². The number of amides is 1. The van der Waals surface area contributed by atoms with Gasteiger partial charge >= 0.3 is 20.8 Å². The van der Waals surface area contributed by atoms with Crippen molar-refractivity contribution in [3.8, 4) is 0 Å². The first-order chi connectivity index (χ1) is 21.5. The third-order valence-electron chi connectivity index (χ3n) is 7.02. The summed E-state index contributed by atoms with van der Waals surface area (Å²) in [6.45, 7) is 5.91. The molecular weight excluding hydrogens is 601 g/mol. The number of nitrogens with one attached hydrogen (secondary N) is 1. The number of ketones is 2. The van der Waals surface area contributed by atoms with Gasteiger partial charge in [-0.05, 0) is 50.2 Å². The summed E-state index contributed by atoms with van der Waals surface area (Å²) in [5.41, 5.74) is 1.74. The van der Waals surface area contributed by atoms with Crippen LogP contribution in [0.4, 0.5) is 4.79 Å². The van der Waals surface area contributed by atoms with Crippen molar-refractivity contribution in [3.05, 3.63) is 71.8 Å². The van der Waals surface area contributed by atoms with E-state index in [9.17, 15) is 28.5 Å². The molecule has 0 saturated carbocycles. The smallest absolute Gasteiger partial charge is 0.460 e. The first kappa shape index (κ1) is 37.2. The summed E-state index contributed by atoms with van der Waals surface area (Å²) >= 11 is 0. The largest absolute Gasteiger partial charge is 0.510 e. The van der Waals surface area contributed by atoms with E-state index in [1.54, 1.807) is 24.3 Å². The molecule has 2 rings (SSSR count). The summed E-state index contributed by atoms with van der Waals surface area (Å²) in [5, 5.41) is 2.83. The van der Waals surface area contributed by atoms with E-state index in [0.29, 0.717) is 12.8 Å². The summed E-state index contributed by atoms with van der Waals surface area (Å²) in [4.78, 5) is 64.6. The van der Waals surface area contributed by atoms with E-state index in [2.05, 4.69) is 14.6 Å². The van der Waals surface area contributed by atoms with Crippen LogP contribution in [0.15, 0.2) is 60.7 Å². The Kier molecular flexibility index (Phi) is 16.7. The average molecular weight is 644 g/mol. The molecule has 0 aliphatic heterocycles. The van der Waals surface area contributed by atoms with Crippen molar-refractivity contribution in [1.29, 1.82) is 0 Å². The highest BCUT2D eigenvalue weighted by Gasteiger charge is 2.36. The minimum absolute atomic E-state index is 0.00210. The zero-order chi connectivity index (χ0) is 33.2. The quantitative estimate of drug-likeness (QED) is 0.0813. The highest BCUT2D eigenvalue weighted by atomic mass is 31.1. The van der Waals surface area contributed by atoms with Gasteiger partial charge in [-0.3, -0.25) is 18.9 Å². The number of benzene rings is 2. The zero-order valence-corrected chi connectivity index (χ0v) is 27.0. The fourth-order valence-corrected chi connectivity index (χ4v) is 4.79. The molecule has 0 heterocycles. The Bertz CT molecular complexity index is 1250. The number of hydrogen-bond acceptors (Lipinski definition) is 10. The summed E-state index contributed by atoms with van der Waals surface area (Å²) in [7, 11) is -0.698. The molecule has 2 aromatic rings. The van der Waals surface area contributed by atoms with E-state index in [-0.39, 0.29) is 31.1 Å². The number of hydrogen-bond donors (Lipinski definition) is 1. The fourth-order valence-electron chi connectivity index (χ4n) is 4.69.